The van der Waals surface area contributed by atoms with Gasteiger partial charge in [0.1, 0.15) is 0 Å². The van der Waals surface area contributed by atoms with Crippen molar-refractivity contribution < 1.29 is 0 Å². The molecule has 2 fully saturated rings. The fourth-order valence-electron chi connectivity index (χ4n) is 3.80. The first-order chi connectivity index (χ1) is 9.86. The first kappa shape index (κ1) is 14.0. The minimum Gasteiger partial charge on any atom is -0.298 e. The van der Waals surface area contributed by atoms with Gasteiger partial charge >= 0.3 is 0 Å². The standard InChI is InChI=1S/C17H27N3/c1-2-16-13-19-11-4-3-5-17(19)14-20(16)12-8-15-6-9-18-10-7-15/h6-7,9-10,16-17H,2-5,8,11-14H2,1H3. The van der Waals surface area contributed by atoms with Gasteiger partial charge in [-0.2, -0.15) is 0 Å². The maximum Gasteiger partial charge on any atom is 0.0270 e. The molecule has 2 unspecified atom stereocenters. The third-order valence-electron chi connectivity index (χ3n) is 5.06. The molecule has 0 aromatic carbocycles. The molecule has 3 rings (SSSR count). The first-order valence-corrected chi connectivity index (χ1v) is 8.24. The van der Waals surface area contributed by atoms with Gasteiger partial charge in [-0.05, 0) is 49.9 Å². The van der Waals surface area contributed by atoms with E-state index >= 15 is 0 Å². The van der Waals surface area contributed by atoms with Crippen LogP contribution in [0.1, 0.15) is 38.2 Å². The summed E-state index contributed by atoms with van der Waals surface area (Å²) < 4.78 is 0. The average molecular weight is 273 g/mol. The van der Waals surface area contributed by atoms with Gasteiger partial charge in [0.15, 0.2) is 0 Å². The summed E-state index contributed by atoms with van der Waals surface area (Å²) >= 11 is 0. The average Bonchev–Trinajstić information content (AvgIpc) is 2.53. The van der Waals surface area contributed by atoms with Gasteiger partial charge in [0, 0.05) is 44.1 Å². The lowest BCUT2D eigenvalue weighted by molar-refractivity contribution is 0.00826. The van der Waals surface area contributed by atoms with Crippen molar-refractivity contribution >= 4 is 0 Å². The minimum atomic E-state index is 0.756. The van der Waals surface area contributed by atoms with Crippen molar-refractivity contribution in [2.75, 3.05) is 26.2 Å². The maximum absolute atomic E-state index is 4.10. The summed E-state index contributed by atoms with van der Waals surface area (Å²) in [5.41, 5.74) is 1.42. The van der Waals surface area contributed by atoms with Gasteiger partial charge in [0.05, 0.1) is 0 Å². The molecular weight excluding hydrogens is 246 g/mol. The summed E-state index contributed by atoms with van der Waals surface area (Å²) in [6.45, 7) is 7.45. The van der Waals surface area contributed by atoms with Gasteiger partial charge in [0.25, 0.3) is 0 Å². The first-order valence-electron chi connectivity index (χ1n) is 8.24. The molecule has 0 saturated carbocycles. The van der Waals surface area contributed by atoms with E-state index < -0.39 is 0 Å². The van der Waals surface area contributed by atoms with Gasteiger partial charge in [-0.15, -0.1) is 0 Å². The Bertz CT molecular complexity index is 406. The normalized spacial score (nSPS) is 28.2. The fraction of sp³-hybridized carbons (Fsp3) is 0.706. The summed E-state index contributed by atoms with van der Waals surface area (Å²) in [6, 6.07) is 5.88. The molecule has 0 radical (unpaired) electrons. The summed E-state index contributed by atoms with van der Waals surface area (Å²) in [5, 5.41) is 0. The number of pyridine rings is 1. The zero-order valence-electron chi connectivity index (χ0n) is 12.7. The number of nitrogens with zero attached hydrogens (tertiary/aromatic N) is 3. The third kappa shape index (κ3) is 3.21. The SMILES string of the molecule is CCC1CN2CCCCC2CN1CCc1ccncc1. The van der Waals surface area contributed by atoms with E-state index in [4.69, 9.17) is 0 Å². The van der Waals surface area contributed by atoms with Crippen LogP contribution in [0.5, 0.6) is 0 Å². The second kappa shape index (κ2) is 6.68. The van der Waals surface area contributed by atoms with Crippen molar-refractivity contribution in [2.24, 2.45) is 0 Å². The molecule has 3 nitrogen and oxygen atoms in total. The minimum absolute atomic E-state index is 0.756. The molecule has 2 atom stereocenters. The molecule has 20 heavy (non-hydrogen) atoms. The zero-order valence-corrected chi connectivity index (χ0v) is 12.7. The second-order valence-corrected chi connectivity index (χ2v) is 6.31. The largest absolute Gasteiger partial charge is 0.298 e. The lowest BCUT2D eigenvalue weighted by Crippen LogP contribution is -2.59. The van der Waals surface area contributed by atoms with E-state index in [0.717, 1.165) is 18.5 Å². The molecule has 2 aliphatic rings. The predicted molar refractivity (Wildman–Crippen MR) is 82.8 cm³/mol. The molecule has 2 aliphatic heterocycles. The van der Waals surface area contributed by atoms with Crippen LogP contribution in [0.3, 0.4) is 0 Å². The molecular formula is C17H27N3. The quantitative estimate of drug-likeness (QED) is 0.840. The molecule has 1 aromatic heterocycles. The monoisotopic (exact) mass is 273 g/mol. The van der Waals surface area contributed by atoms with Crippen LogP contribution in [0.2, 0.25) is 0 Å². The van der Waals surface area contributed by atoms with Crippen LogP contribution < -0.4 is 0 Å². The van der Waals surface area contributed by atoms with E-state index in [1.54, 1.807) is 0 Å². The molecule has 2 saturated heterocycles. The smallest absolute Gasteiger partial charge is 0.0270 e. The van der Waals surface area contributed by atoms with Gasteiger partial charge in [-0.25, -0.2) is 0 Å². The number of hydrogen-bond acceptors (Lipinski definition) is 3. The van der Waals surface area contributed by atoms with E-state index in [1.807, 2.05) is 12.4 Å². The Morgan fingerprint density at radius 1 is 1.20 bits per heavy atom. The Hall–Kier alpha value is -0.930. The summed E-state index contributed by atoms with van der Waals surface area (Å²) in [6.07, 6.45) is 10.5. The molecule has 110 valence electrons. The van der Waals surface area contributed by atoms with Crippen molar-refractivity contribution in [3.63, 3.8) is 0 Å². The predicted octanol–water partition coefficient (Wildman–Crippen LogP) is 2.57. The van der Waals surface area contributed by atoms with E-state index in [-0.39, 0.29) is 0 Å². The highest BCUT2D eigenvalue weighted by molar-refractivity contribution is 5.10. The van der Waals surface area contributed by atoms with Crippen molar-refractivity contribution in [2.45, 2.75) is 51.1 Å². The zero-order chi connectivity index (χ0) is 13.8. The molecule has 1 aromatic rings. The highest BCUT2D eigenvalue weighted by atomic mass is 15.3. The lowest BCUT2D eigenvalue weighted by atomic mass is 9.95. The van der Waals surface area contributed by atoms with E-state index in [9.17, 15) is 0 Å². The van der Waals surface area contributed by atoms with Crippen molar-refractivity contribution in [3.8, 4) is 0 Å². The Morgan fingerprint density at radius 3 is 2.85 bits per heavy atom. The Balaban J connectivity index is 1.59. The lowest BCUT2D eigenvalue weighted by Gasteiger charge is -2.48. The number of fused-ring (bicyclic) bond motifs is 1. The van der Waals surface area contributed by atoms with Gasteiger partial charge in [-0.3, -0.25) is 14.8 Å². The van der Waals surface area contributed by atoms with Crippen LogP contribution in [-0.4, -0.2) is 53.0 Å². The van der Waals surface area contributed by atoms with Crippen LogP contribution in [0.15, 0.2) is 24.5 Å². The summed E-state index contributed by atoms with van der Waals surface area (Å²) in [4.78, 5) is 9.60. The Morgan fingerprint density at radius 2 is 2.05 bits per heavy atom. The molecule has 0 spiro atoms. The van der Waals surface area contributed by atoms with Crippen molar-refractivity contribution in [1.29, 1.82) is 0 Å². The number of hydrogen-bond donors (Lipinski definition) is 0. The Kier molecular flexibility index (Phi) is 4.69. The van der Waals surface area contributed by atoms with Crippen LogP contribution >= 0.6 is 0 Å². The molecule has 0 N–H and O–H groups in total. The summed E-state index contributed by atoms with van der Waals surface area (Å²) in [7, 11) is 0. The third-order valence-corrected chi connectivity index (χ3v) is 5.06. The number of aromatic nitrogens is 1. The Labute approximate surface area is 123 Å². The molecule has 0 aliphatic carbocycles. The number of piperazine rings is 1. The van der Waals surface area contributed by atoms with Gasteiger partial charge in [0.2, 0.25) is 0 Å². The highest BCUT2D eigenvalue weighted by Gasteiger charge is 2.33. The van der Waals surface area contributed by atoms with Crippen molar-refractivity contribution in [1.82, 2.24) is 14.8 Å². The van der Waals surface area contributed by atoms with Crippen molar-refractivity contribution in [3.05, 3.63) is 30.1 Å². The van der Waals surface area contributed by atoms with Crippen LogP contribution in [0, 0.1) is 0 Å². The number of piperidine rings is 1. The van der Waals surface area contributed by atoms with E-state index in [0.29, 0.717) is 0 Å². The van der Waals surface area contributed by atoms with E-state index in [2.05, 4.69) is 33.8 Å². The van der Waals surface area contributed by atoms with Crippen LogP contribution in [-0.2, 0) is 6.42 Å². The molecule has 3 heterocycles. The summed E-state index contributed by atoms with van der Waals surface area (Å²) in [5.74, 6) is 0. The molecule has 3 heteroatoms. The molecule has 0 amide bonds. The second-order valence-electron chi connectivity index (χ2n) is 6.31. The van der Waals surface area contributed by atoms with E-state index in [1.165, 1.54) is 57.4 Å². The van der Waals surface area contributed by atoms with Crippen LogP contribution in [0.25, 0.3) is 0 Å². The maximum atomic E-state index is 4.10. The van der Waals surface area contributed by atoms with Gasteiger partial charge < -0.3 is 0 Å². The fourth-order valence-corrected chi connectivity index (χ4v) is 3.80. The topological polar surface area (TPSA) is 19.4 Å². The van der Waals surface area contributed by atoms with Crippen LogP contribution in [0.4, 0.5) is 0 Å². The number of rotatable bonds is 4. The highest BCUT2D eigenvalue weighted by Crippen LogP contribution is 2.25. The molecule has 0 bridgehead atoms. The van der Waals surface area contributed by atoms with Gasteiger partial charge in [-0.1, -0.05) is 13.3 Å².